The largest absolute Gasteiger partial charge is 0.342 e. The van der Waals surface area contributed by atoms with Crippen LogP contribution in [0, 0.1) is 15.4 Å². The Balaban J connectivity index is 1.88. The number of H-pyrrole nitrogens is 1. The first-order valence-electron chi connectivity index (χ1n) is 6.50. The summed E-state index contributed by atoms with van der Waals surface area (Å²) in [5.41, 5.74) is 1.98. The molecular formula is C13H14IN3O. The topological polar surface area (TPSA) is 50.2 Å². The van der Waals surface area contributed by atoms with Crippen molar-refractivity contribution in [3.63, 3.8) is 0 Å². The van der Waals surface area contributed by atoms with Gasteiger partial charge < -0.3 is 4.98 Å². The van der Waals surface area contributed by atoms with Crippen molar-refractivity contribution in [3.05, 3.63) is 31.9 Å². The van der Waals surface area contributed by atoms with E-state index in [-0.39, 0.29) is 5.56 Å². The summed E-state index contributed by atoms with van der Waals surface area (Å²) >= 11 is 2.22. The van der Waals surface area contributed by atoms with E-state index in [9.17, 15) is 4.79 Å². The van der Waals surface area contributed by atoms with Crippen molar-refractivity contribution in [3.8, 4) is 0 Å². The minimum atomic E-state index is -0.00651. The Morgan fingerprint density at radius 1 is 1.33 bits per heavy atom. The molecule has 94 valence electrons. The lowest BCUT2D eigenvalue weighted by molar-refractivity contribution is 0.523. The molecule has 18 heavy (non-hydrogen) atoms. The van der Waals surface area contributed by atoms with Crippen molar-refractivity contribution >= 4 is 28.2 Å². The number of nitrogens with zero attached hydrogens (tertiary/aromatic N) is 2. The predicted octanol–water partition coefficient (Wildman–Crippen LogP) is 2.53. The lowest BCUT2D eigenvalue weighted by Gasteiger charge is -2.15. The van der Waals surface area contributed by atoms with E-state index in [1.54, 1.807) is 12.3 Å². The minimum absolute atomic E-state index is 0.00651. The Morgan fingerprint density at radius 3 is 2.61 bits per heavy atom. The Morgan fingerprint density at radius 2 is 2.00 bits per heavy atom. The van der Waals surface area contributed by atoms with Crippen molar-refractivity contribution in [2.75, 3.05) is 0 Å². The molecule has 2 heterocycles. The first-order chi connectivity index (χ1) is 8.74. The fraction of sp³-hybridized carbons (Fsp3) is 0.538. The molecule has 0 saturated heterocycles. The molecule has 0 spiro atoms. The molecule has 2 aromatic heterocycles. The zero-order valence-corrected chi connectivity index (χ0v) is 12.1. The van der Waals surface area contributed by atoms with Crippen LogP contribution in [0.3, 0.4) is 0 Å². The van der Waals surface area contributed by atoms with Gasteiger partial charge in [-0.25, -0.2) is 0 Å². The van der Waals surface area contributed by atoms with E-state index in [1.807, 2.05) is 0 Å². The maximum Gasteiger partial charge on any atom is 0.274 e. The van der Waals surface area contributed by atoms with Gasteiger partial charge in [0, 0.05) is 17.7 Å². The molecule has 1 N–H and O–H groups in total. The van der Waals surface area contributed by atoms with E-state index in [0.717, 1.165) is 26.7 Å². The highest BCUT2D eigenvalue weighted by Gasteiger charge is 2.42. The summed E-state index contributed by atoms with van der Waals surface area (Å²) in [5.74, 6) is 2.18. The van der Waals surface area contributed by atoms with Gasteiger partial charge in [-0.2, -0.15) is 9.61 Å². The second kappa shape index (κ2) is 3.82. The third-order valence-electron chi connectivity index (χ3n) is 4.09. The Labute approximate surface area is 118 Å². The van der Waals surface area contributed by atoms with Crippen LogP contribution in [0.25, 0.3) is 5.65 Å². The first-order valence-corrected chi connectivity index (χ1v) is 7.58. The third-order valence-corrected chi connectivity index (χ3v) is 4.88. The molecular weight excluding hydrogens is 341 g/mol. The molecule has 4 rings (SSSR count). The number of hydrogen-bond donors (Lipinski definition) is 1. The molecule has 2 aliphatic rings. The fourth-order valence-corrected chi connectivity index (χ4v) is 3.45. The third kappa shape index (κ3) is 1.71. The van der Waals surface area contributed by atoms with Crippen molar-refractivity contribution in [2.24, 2.45) is 11.8 Å². The van der Waals surface area contributed by atoms with Gasteiger partial charge in [0.2, 0.25) is 0 Å². The summed E-state index contributed by atoms with van der Waals surface area (Å²) < 4.78 is 2.47. The van der Waals surface area contributed by atoms with E-state index in [2.05, 4.69) is 32.7 Å². The zero-order chi connectivity index (χ0) is 12.3. The highest BCUT2D eigenvalue weighted by atomic mass is 127. The highest BCUT2D eigenvalue weighted by molar-refractivity contribution is 14.1. The molecule has 0 aliphatic heterocycles. The average Bonchev–Trinajstić information content (AvgIpc) is 3.23. The van der Waals surface area contributed by atoms with Crippen LogP contribution in [-0.4, -0.2) is 14.6 Å². The second-order valence-electron chi connectivity index (χ2n) is 5.52. The Hall–Kier alpha value is -0.850. The van der Waals surface area contributed by atoms with Gasteiger partial charge in [0.05, 0.1) is 9.77 Å². The zero-order valence-electron chi connectivity index (χ0n) is 9.90. The summed E-state index contributed by atoms with van der Waals surface area (Å²) in [6, 6.07) is 1.76. The second-order valence-corrected chi connectivity index (χ2v) is 6.68. The molecule has 0 atom stereocenters. The van der Waals surface area contributed by atoms with E-state index >= 15 is 0 Å². The number of fused-ring (bicyclic) bond motifs is 1. The molecule has 5 heteroatoms. The number of aromatic nitrogens is 3. The predicted molar refractivity (Wildman–Crippen MR) is 76.7 cm³/mol. The van der Waals surface area contributed by atoms with Gasteiger partial charge in [0.1, 0.15) is 0 Å². The molecule has 0 unspecified atom stereocenters. The molecule has 2 saturated carbocycles. The highest BCUT2D eigenvalue weighted by Crippen LogP contribution is 2.53. The van der Waals surface area contributed by atoms with Gasteiger partial charge in [0.15, 0.2) is 5.65 Å². The van der Waals surface area contributed by atoms with Crippen LogP contribution < -0.4 is 5.56 Å². The van der Waals surface area contributed by atoms with Crippen molar-refractivity contribution in [1.82, 2.24) is 14.6 Å². The summed E-state index contributed by atoms with van der Waals surface area (Å²) in [5, 5.41) is 4.10. The molecule has 4 nitrogen and oxygen atoms in total. The molecule has 0 aromatic carbocycles. The standard InChI is InChI=1S/C13H14IN3O/c14-9-6-15-17-11(18)5-10(16-13(9)17)12(7-1-2-7)8-3-4-8/h5-8,12,16H,1-4H2. The van der Waals surface area contributed by atoms with Crippen LogP contribution in [0.15, 0.2) is 17.1 Å². The molecule has 2 aliphatic carbocycles. The monoisotopic (exact) mass is 355 g/mol. The van der Waals surface area contributed by atoms with Gasteiger partial charge in [-0.05, 0) is 60.1 Å². The molecule has 2 fully saturated rings. The van der Waals surface area contributed by atoms with Crippen molar-refractivity contribution in [2.45, 2.75) is 31.6 Å². The van der Waals surface area contributed by atoms with Crippen molar-refractivity contribution in [1.29, 1.82) is 0 Å². The lowest BCUT2D eigenvalue weighted by Crippen LogP contribution is -2.18. The molecule has 0 radical (unpaired) electrons. The van der Waals surface area contributed by atoms with Gasteiger partial charge in [-0.3, -0.25) is 4.79 Å². The smallest absolute Gasteiger partial charge is 0.274 e. The van der Waals surface area contributed by atoms with E-state index in [0.29, 0.717) is 5.92 Å². The SMILES string of the molecule is O=c1cc(C(C2CC2)C2CC2)[nH]c2c(I)cnn12. The normalized spacial score (nSPS) is 19.9. The van der Waals surface area contributed by atoms with Crippen LogP contribution in [0.4, 0.5) is 0 Å². The number of rotatable bonds is 3. The van der Waals surface area contributed by atoms with Crippen molar-refractivity contribution < 1.29 is 0 Å². The maximum absolute atomic E-state index is 12.1. The van der Waals surface area contributed by atoms with E-state index < -0.39 is 0 Å². The summed E-state index contributed by atoms with van der Waals surface area (Å²) in [7, 11) is 0. The Kier molecular flexibility index (Phi) is 2.34. The summed E-state index contributed by atoms with van der Waals surface area (Å²) in [6.07, 6.45) is 7.03. The van der Waals surface area contributed by atoms with Gasteiger partial charge in [0.25, 0.3) is 5.56 Å². The first kappa shape index (κ1) is 11.0. The number of aromatic amines is 1. The van der Waals surface area contributed by atoms with Crippen LogP contribution in [0.1, 0.15) is 37.3 Å². The van der Waals surface area contributed by atoms with Gasteiger partial charge >= 0.3 is 0 Å². The lowest BCUT2D eigenvalue weighted by atomic mass is 9.94. The quantitative estimate of drug-likeness (QED) is 0.861. The fourth-order valence-electron chi connectivity index (χ4n) is 2.96. The minimum Gasteiger partial charge on any atom is -0.342 e. The maximum atomic E-state index is 12.1. The van der Waals surface area contributed by atoms with Gasteiger partial charge in [-0.1, -0.05) is 0 Å². The number of hydrogen-bond acceptors (Lipinski definition) is 2. The number of halogens is 1. The van der Waals surface area contributed by atoms with Gasteiger partial charge in [-0.15, -0.1) is 0 Å². The van der Waals surface area contributed by atoms with Crippen LogP contribution in [0.2, 0.25) is 0 Å². The molecule has 2 aromatic rings. The van der Waals surface area contributed by atoms with Crippen LogP contribution in [-0.2, 0) is 0 Å². The van der Waals surface area contributed by atoms with Crippen LogP contribution >= 0.6 is 22.6 Å². The Bertz CT molecular complexity index is 654. The van der Waals surface area contributed by atoms with E-state index in [1.165, 1.54) is 30.2 Å². The summed E-state index contributed by atoms with van der Waals surface area (Å²) in [6.45, 7) is 0. The van der Waals surface area contributed by atoms with Crippen LogP contribution in [0.5, 0.6) is 0 Å². The molecule has 0 amide bonds. The summed E-state index contributed by atoms with van der Waals surface area (Å²) in [4.78, 5) is 15.5. The average molecular weight is 355 g/mol. The number of nitrogens with one attached hydrogen (secondary N) is 1. The van der Waals surface area contributed by atoms with E-state index in [4.69, 9.17) is 0 Å². The molecule has 0 bridgehead atoms.